The molecule has 3 aromatic rings. The van der Waals surface area contributed by atoms with Crippen molar-refractivity contribution in [2.75, 3.05) is 18.4 Å². The van der Waals surface area contributed by atoms with Gasteiger partial charge in [-0.25, -0.2) is 0 Å². The number of hydrogen-bond acceptors (Lipinski definition) is 3. The van der Waals surface area contributed by atoms with Crippen LogP contribution in [-0.4, -0.2) is 23.9 Å². The molecule has 2 aromatic carbocycles. The number of anilines is 1. The van der Waals surface area contributed by atoms with Crippen LogP contribution >= 0.6 is 11.3 Å². The number of para-hydroxylation sites is 1. The van der Waals surface area contributed by atoms with E-state index < -0.39 is 0 Å². The third-order valence-corrected chi connectivity index (χ3v) is 6.79. The van der Waals surface area contributed by atoms with Crippen LogP contribution < -0.4 is 5.32 Å². The van der Waals surface area contributed by atoms with Gasteiger partial charge in [-0.05, 0) is 53.0 Å². The fourth-order valence-electron chi connectivity index (χ4n) is 4.33. The summed E-state index contributed by atoms with van der Waals surface area (Å²) in [4.78, 5) is 16.9. The third kappa shape index (κ3) is 4.14. The first-order valence-electron chi connectivity index (χ1n) is 10.5. The summed E-state index contributed by atoms with van der Waals surface area (Å²) in [5.41, 5.74) is 6.02. The SMILES string of the molecule is CCc1cccc(CC)c1NC(=O)CN1CCc2sccc2[C@@H]1c1ccccc1. The number of amides is 1. The van der Waals surface area contributed by atoms with E-state index in [2.05, 4.69) is 78.0 Å². The number of benzene rings is 2. The minimum atomic E-state index is 0.0696. The lowest BCUT2D eigenvalue weighted by Crippen LogP contribution is -2.40. The molecule has 2 heterocycles. The zero-order valence-electron chi connectivity index (χ0n) is 17.2. The summed E-state index contributed by atoms with van der Waals surface area (Å²) in [5.74, 6) is 0.0696. The normalized spacial score (nSPS) is 16.4. The summed E-state index contributed by atoms with van der Waals surface area (Å²) in [6.07, 6.45) is 2.84. The highest BCUT2D eigenvalue weighted by Crippen LogP contribution is 2.37. The Kier molecular flexibility index (Phi) is 6.12. The molecule has 0 saturated carbocycles. The van der Waals surface area contributed by atoms with Crippen LogP contribution in [-0.2, 0) is 24.1 Å². The van der Waals surface area contributed by atoms with Crippen molar-refractivity contribution in [3.8, 4) is 0 Å². The van der Waals surface area contributed by atoms with Crippen LogP contribution in [0.4, 0.5) is 5.69 Å². The largest absolute Gasteiger partial charge is 0.324 e. The van der Waals surface area contributed by atoms with Crippen molar-refractivity contribution in [2.45, 2.75) is 39.2 Å². The van der Waals surface area contributed by atoms with Crippen LogP contribution in [0.15, 0.2) is 60.0 Å². The Hall–Kier alpha value is -2.43. The van der Waals surface area contributed by atoms with Crippen molar-refractivity contribution in [2.24, 2.45) is 0 Å². The molecule has 1 atom stereocenters. The van der Waals surface area contributed by atoms with Crippen molar-refractivity contribution in [3.63, 3.8) is 0 Å². The molecule has 4 rings (SSSR count). The number of carbonyl (C=O) groups excluding carboxylic acids is 1. The first kappa shape index (κ1) is 19.9. The van der Waals surface area contributed by atoms with Gasteiger partial charge in [0, 0.05) is 17.1 Å². The Morgan fingerprint density at radius 3 is 2.45 bits per heavy atom. The van der Waals surface area contributed by atoms with Crippen LogP contribution in [0, 0.1) is 0 Å². The fraction of sp³-hybridized carbons (Fsp3) is 0.320. The second-order valence-corrected chi connectivity index (χ2v) is 8.54. The molecule has 0 unspecified atom stereocenters. The zero-order chi connectivity index (χ0) is 20.2. The molecule has 0 fully saturated rings. The van der Waals surface area contributed by atoms with Crippen molar-refractivity contribution < 1.29 is 4.79 Å². The molecular formula is C25H28N2OS. The van der Waals surface area contributed by atoms with E-state index >= 15 is 0 Å². The lowest BCUT2D eigenvalue weighted by molar-refractivity contribution is -0.117. The Morgan fingerprint density at radius 1 is 1.03 bits per heavy atom. The molecule has 0 saturated heterocycles. The van der Waals surface area contributed by atoms with Crippen molar-refractivity contribution in [3.05, 3.63) is 87.1 Å². The second kappa shape index (κ2) is 8.93. The van der Waals surface area contributed by atoms with E-state index in [0.717, 1.165) is 31.5 Å². The van der Waals surface area contributed by atoms with Gasteiger partial charge >= 0.3 is 0 Å². The van der Waals surface area contributed by atoms with Gasteiger partial charge in [-0.15, -0.1) is 11.3 Å². The zero-order valence-corrected chi connectivity index (χ0v) is 18.0. The van der Waals surface area contributed by atoms with Gasteiger partial charge < -0.3 is 5.32 Å². The highest BCUT2D eigenvalue weighted by atomic mass is 32.1. The lowest BCUT2D eigenvalue weighted by Gasteiger charge is -2.35. The predicted octanol–water partition coefficient (Wildman–Crippen LogP) is 5.46. The standard InChI is InChI=1S/C25H28N2OS/c1-3-18-11-8-12-19(4-2)24(18)26-23(28)17-27-15-13-22-21(14-16-29-22)25(27)20-9-6-5-7-10-20/h5-12,14,16,25H,3-4,13,15,17H2,1-2H3,(H,26,28)/t25-/m0/s1. The van der Waals surface area contributed by atoms with Gasteiger partial charge in [-0.3, -0.25) is 9.69 Å². The van der Waals surface area contributed by atoms with Crippen LogP contribution in [0.1, 0.15) is 47.0 Å². The van der Waals surface area contributed by atoms with E-state index in [4.69, 9.17) is 0 Å². The maximum absolute atomic E-state index is 13.1. The lowest BCUT2D eigenvalue weighted by atomic mass is 9.93. The Morgan fingerprint density at radius 2 is 1.76 bits per heavy atom. The van der Waals surface area contributed by atoms with E-state index in [-0.39, 0.29) is 11.9 Å². The molecule has 3 nitrogen and oxygen atoms in total. The number of carbonyl (C=O) groups is 1. The third-order valence-electron chi connectivity index (χ3n) is 5.79. The minimum Gasteiger partial charge on any atom is -0.324 e. The molecule has 1 aromatic heterocycles. The molecule has 29 heavy (non-hydrogen) atoms. The number of rotatable bonds is 6. The monoisotopic (exact) mass is 404 g/mol. The van der Waals surface area contributed by atoms with E-state index in [1.807, 2.05) is 17.4 Å². The first-order valence-corrected chi connectivity index (χ1v) is 11.3. The number of hydrogen-bond donors (Lipinski definition) is 1. The highest BCUT2D eigenvalue weighted by molar-refractivity contribution is 7.10. The molecule has 0 aliphatic carbocycles. The quantitative estimate of drug-likeness (QED) is 0.592. The molecule has 150 valence electrons. The van der Waals surface area contributed by atoms with Crippen molar-refractivity contribution >= 4 is 22.9 Å². The minimum absolute atomic E-state index is 0.0696. The van der Waals surface area contributed by atoms with E-state index in [0.29, 0.717) is 6.54 Å². The van der Waals surface area contributed by atoms with Crippen molar-refractivity contribution in [1.29, 1.82) is 0 Å². The molecule has 0 spiro atoms. The maximum atomic E-state index is 13.1. The average molecular weight is 405 g/mol. The Bertz CT molecular complexity index is 957. The van der Waals surface area contributed by atoms with Gasteiger partial charge in [0.15, 0.2) is 0 Å². The molecule has 1 N–H and O–H groups in total. The molecular weight excluding hydrogens is 376 g/mol. The number of aryl methyl sites for hydroxylation is 2. The summed E-state index contributed by atoms with van der Waals surface area (Å²) >= 11 is 1.83. The van der Waals surface area contributed by atoms with Gasteiger partial charge in [-0.1, -0.05) is 62.4 Å². The fourth-order valence-corrected chi connectivity index (χ4v) is 5.23. The van der Waals surface area contributed by atoms with Crippen LogP contribution in [0.5, 0.6) is 0 Å². The average Bonchev–Trinajstić information content (AvgIpc) is 3.23. The number of nitrogens with one attached hydrogen (secondary N) is 1. The van der Waals surface area contributed by atoms with Crippen LogP contribution in [0.2, 0.25) is 0 Å². The maximum Gasteiger partial charge on any atom is 0.238 e. The topological polar surface area (TPSA) is 32.3 Å². The molecule has 1 aliphatic heterocycles. The van der Waals surface area contributed by atoms with Gasteiger partial charge in [0.2, 0.25) is 5.91 Å². The summed E-state index contributed by atoms with van der Waals surface area (Å²) in [6.45, 7) is 5.57. The number of nitrogens with zero attached hydrogens (tertiary/aromatic N) is 1. The number of thiophene rings is 1. The van der Waals surface area contributed by atoms with Crippen LogP contribution in [0.25, 0.3) is 0 Å². The van der Waals surface area contributed by atoms with E-state index in [1.54, 1.807) is 0 Å². The molecule has 4 heteroatoms. The van der Waals surface area contributed by atoms with Gasteiger partial charge in [0.05, 0.1) is 12.6 Å². The summed E-state index contributed by atoms with van der Waals surface area (Å²) in [6, 6.07) is 19.2. The first-order chi connectivity index (χ1) is 14.2. The Balaban J connectivity index is 1.58. The van der Waals surface area contributed by atoms with Gasteiger partial charge in [0.1, 0.15) is 0 Å². The molecule has 1 aliphatic rings. The summed E-state index contributed by atoms with van der Waals surface area (Å²) < 4.78 is 0. The van der Waals surface area contributed by atoms with E-state index in [1.165, 1.54) is 27.1 Å². The predicted molar refractivity (Wildman–Crippen MR) is 122 cm³/mol. The van der Waals surface area contributed by atoms with Crippen molar-refractivity contribution in [1.82, 2.24) is 4.90 Å². The summed E-state index contributed by atoms with van der Waals surface area (Å²) in [5, 5.41) is 5.42. The highest BCUT2D eigenvalue weighted by Gasteiger charge is 2.30. The van der Waals surface area contributed by atoms with Gasteiger partial charge in [-0.2, -0.15) is 0 Å². The Labute approximate surface area is 177 Å². The van der Waals surface area contributed by atoms with Crippen LogP contribution in [0.3, 0.4) is 0 Å². The molecule has 0 radical (unpaired) electrons. The smallest absolute Gasteiger partial charge is 0.238 e. The molecule has 0 bridgehead atoms. The summed E-state index contributed by atoms with van der Waals surface area (Å²) in [7, 11) is 0. The van der Waals surface area contributed by atoms with Gasteiger partial charge in [0.25, 0.3) is 0 Å². The second-order valence-electron chi connectivity index (χ2n) is 7.54. The molecule has 1 amide bonds. The van der Waals surface area contributed by atoms with E-state index in [9.17, 15) is 4.79 Å². The number of fused-ring (bicyclic) bond motifs is 1.